The molecule has 20 heavy (non-hydrogen) atoms. The van der Waals surface area contributed by atoms with Crippen molar-refractivity contribution in [3.63, 3.8) is 0 Å². The van der Waals surface area contributed by atoms with Gasteiger partial charge in [-0.25, -0.2) is 0 Å². The zero-order valence-corrected chi connectivity index (χ0v) is 13.3. The average Bonchev–Trinajstić information content (AvgIpc) is 2.37. The van der Waals surface area contributed by atoms with E-state index in [4.69, 9.17) is 9.47 Å². The van der Waals surface area contributed by atoms with Crippen molar-refractivity contribution < 1.29 is 14.6 Å². The van der Waals surface area contributed by atoms with Crippen molar-refractivity contribution >= 4 is 0 Å². The van der Waals surface area contributed by atoms with Gasteiger partial charge in [0, 0.05) is 18.8 Å². The number of hydrogen-bond acceptors (Lipinski definition) is 3. The standard InChI is InChI=1S/C17H28O3/c1-6-19-16(20-7-2)14-10-8-13(9-11-14)15(18)12-17(3,4)5/h8-11,15-16,18H,6-7,12H2,1-5H3/t15-/m1/s1. The van der Waals surface area contributed by atoms with E-state index in [1.54, 1.807) is 0 Å². The summed E-state index contributed by atoms with van der Waals surface area (Å²) >= 11 is 0. The van der Waals surface area contributed by atoms with Gasteiger partial charge in [0.15, 0.2) is 6.29 Å². The zero-order chi connectivity index (χ0) is 15.2. The number of benzene rings is 1. The fourth-order valence-electron chi connectivity index (χ4n) is 2.12. The van der Waals surface area contributed by atoms with Crippen molar-refractivity contribution in [3.05, 3.63) is 35.4 Å². The largest absolute Gasteiger partial charge is 0.388 e. The van der Waals surface area contributed by atoms with Crippen molar-refractivity contribution in [3.8, 4) is 0 Å². The van der Waals surface area contributed by atoms with Crippen LogP contribution in [0.15, 0.2) is 24.3 Å². The number of hydrogen-bond donors (Lipinski definition) is 1. The van der Waals surface area contributed by atoms with Gasteiger partial charge in [-0.05, 0) is 31.2 Å². The van der Waals surface area contributed by atoms with Crippen LogP contribution in [-0.2, 0) is 9.47 Å². The second kappa shape index (κ2) is 7.77. The SMILES string of the molecule is CCOC(OCC)c1ccc([C@H](O)CC(C)(C)C)cc1. The van der Waals surface area contributed by atoms with Crippen LogP contribution < -0.4 is 0 Å². The molecule has 1 aromatic rings. The van der Waals surface area contributed by atoms with Crippen molar-refractivity contribution in [1.82, 2.24) is 0 Å². The van der Waals surface area contributed by atoms with E-state index in [1.165, 1.54) is 0 Å². The van der Waals surface area contributed by atoms with Gasteiger partial charge >= 0.3 is 0 Å². The highest BCUT2D eigenvalue weighted by Crippen LogP contribution is 2.30. The van der Waals surface area contributed by atoms with Gasteiger partial charge in [0.05, 0.1) is 6.10 Å². The summed E-state index contributed by atoms with van der Waals surface area (Å²) in [5.74, 6) is 0. The summed E-state index contributed by atoms with van der Waals surface area (Å²) in [6, 6.07) is 7.85. The predicted octanol–water partition coefficient (Wildman–Crippen LogP) is 4.23. The molecule has 0 unspecified atom stereocenters. The van der Waals surface area contributed by atoms with Crippen LogP contribution in [0.2, 0.25) is 0 Å². The Bertz CT molecular complexity index is 372. The first-order valence-electron chi connectivity index (χ1n) is 7.38. The topological polar surface area (TPSA) is 38.7 Å². The molecule has 0 aromatic heterocycles. The number of aliphatic hydroxyl groups excluding tert-OH is 1. The molecule has 0 heterocycles. The minimum atomic E-state index is -0.429. The van der Waals surface area contributed by atoms with Crippen LogP contribution in [0, 0.1) is 5.41 Å². The molecule has 0 aliphatic rings. The molecule has 0 amide bonds. The van der Waals surface area contributed by atoms with Crippen LogP contribution in [0.25, 0.3) is 0 Å². The third kappa shape index (κ3) is 5.61. The van der Waals surface area contributed by atoms with E-state index >= 15 is 0 Å². The predicted molar refractivity (Wildman–Crippen MR) is 81.5 cm³/mol. The molecule has 1 atom stereocenters. The van der Waals surface area contributed by atoms with E-state index in [9.17, 15) is 5.11 Å². The van der Waals surface area contributed by atoms with E-state index in [1.807, 2.05) is 38.1 Å². The zero-order valence-electron chi connectivity index (χ0n) is 13.3. The Balaban J connectivity index is 2.76. The molecule has 3 nitrogen and oxygen atoms in total. The van der Waals surface area contributed by atoms with Crippen molar-refractivity contribution in [1.29, 1.82) is 0 Å². The molecule has 0 aliphatic carbocycles. The molecular weight excluding hydrogens is 252 g/mol. The summed E-state index contributed by atoms with van der Waals surface area (Å²) in [5.41, 5.74) is 2.04. The van der Waals surface area contributed by atoms with Crippen molar-refractivity contribution in [2.45, 2.75) is 53.4 Å². The van der Waals surface area contributed by atoms with Gasteiger partial charge in [-0.15, -0.1) is 0 Å². The van der Waals surface area contributed by atoms with Gasteiger partial charge in [0.1, 0.15) is 0 Å². The maximum Gasteiger partial charge on any atom is 0.183 e. The summed E-state index contributed by atoms with van der Waals surface area (Å²) in [7, 11) is 0. The van der Waals surface area contributed by atoms with E-state index in [0.29, 0.717) is 13.2 Å². The van der Waals surface area contributed by atoms with E-state index in [0.717, 1.165) is 17.5 Å². The molecule has 0 saturated heterocycles. The Hall–Kier alpha value is -0.900. The van der Waals surface area contributed by atoms with Gasteiger partial charge in [-0.2, -0.15) is 0 Å². The first-order chi connectivity index (χ1) is 9.37. The van der Waals surface area contributed by atoms with E-state index in [-0.39, 0.29) is 11.7 Å². The maximum absolute atomic E-state index is 10.2. The molecule has 3 heteroatoms. The summed E-state index contributed by atoms with van der Waals surface area (Å²) in [6.45, 7) is 11.5. The lowest BCUT2D eigenvalue weighted by Gasteiger charge is -2.23. The lowest BCUT2D eigenvalue weighted by atomic mass is 9.87. The first kappa shape index (κ1) is 17.2. The van der Waals surface area contributed by atoms with Gasteiger partial charge in [-0.3, -0.25) is 0 Å². The maximum atomic E-state index is 10.2. The third-order valence-electron chi connectivity index (χ3n) is 3.04. The van der Waals surface area contributed by atoms with Crippen LogP contribution in [0.3, 0.4) is 0 Å². The third-order valence-corrected chi connectivity index (χ3v) is 3.04. The first-order valence-corrected chi connectivity index (χ1v) is 7.38. The molecule has 0 radical (unpaired) electrons. The highest BCUT2D eigenvalue weighted by atomic mass is 16.7. The van der Waals surface area contributed by atoms with Crippen LogP contribution in [0.1, 0.15) is 64.6 Å². The van der Waals surface area contributed by atoms with Crippen LogP contribution in [-0.4, -0.2) is 18.3 Å². The molecule has 0 fully saturated rings. The smallest absolute Gasteiger partial charge is 0.183 e. The molecular formula is C17H28O3. The molecule has 0 spiro atoms. The van der Waals surface area contributed by atoms with E-state index in [2.05, 4.69) is 20.8 Å². The molecule has 1 aromatic carbocycles. The van der Waals surface area contributed by atoms with Gasteiger partial charge in [-0.1, -0.05) is 45.0 Å². The fourth-order valence-corrected chi connectivity index (χ4v) is 2.12. The molecule has 1 N–H and O–H groups in total. The van der Waals surface area contributed by atoms with Crippen LogP contribution in [0.5, 0.6) is 0 Å². The van der Waals surface area contributed by atoms with Gasteiger partial charge in [0.25, 0.3) is 0 Å². The molecule has 0 bridgehead atoms. The summed E-state index contributed by atoms with van der Waals surface area (Å²) in [4.78, 5) is 0. The molecule has 114 valence electrons. The Morgan fingerprint density at radius 1 is 0.950 bits per heavy atom. The lowest BCUT2D eigenvalue weighted by Crippen LogP contribution is -2.12. The monoisotopic (exact) mass is 280 g/mol. The highest BCUT2D eigenvalue weighted by Gasteiger charge is 2.18. The lowest BCUT2D eigenvalue weighted by molar-refractivity contribution is -0.140. The summed E-state index contributed by atoms with van der Waals surface area (Å²) < 4.78 is 11.1. The van der Waals surface area contributed by atoms with Crippen molar-refractivity contribution in [2.24, 2.45) is 5.41 Å². The van der Waals surface area contributed by atoms with Crippen LogP contribution in [0.4, 0.5) is 0 Å². The number of rotatable bonds is 7. The second-order valence-corrected chi connectivity index (χ2v) is 6.19. The average molecular weight is 280 g/mol. The second-order valence-electron chi connectivity index (χ2n) is 6.19. The fraction of sp³-hybridized carbons (Fsp3) is 0.647. The quantitative estimate of drug-likeness (QED) is 0.760. The molecule has 1 rings (SSSR count). The Kier molecular flexibility index (Phi) is 6.66. The van der Waals surface area contributed by atoms with Crippen LogP contribution >= 0.6 is 0 Å². The number of aliphatic hydroxyl groups is 1. The minimum absolute atomic E-state index is 0.108. The molecule has 0 saturated carbocycles. The molecule has 0 aliphatic heterocycles. The Labute approximate surface area is 122 Å². The highest BCUT2D eigenvalue weighted by molar-refractivity contribution is 5.25. The Morgan fingerprint density at radius 3 is 1.80 bits per heavy atom. The Morgan fingerprint density at radius 2 is 1.40 bits per heavy atom. The normalized spacial score (nSPS) is 13.8. The summed E-state index contributed by atoms with van der Waals surface area (Å²) in [6.07, 6.45) is -0.00679. The van der Waals surface area contributed by atoms with E-state index < -0.39 is 6.10 Å². The minimum Gasteiger partial charge on any atom is -0.388 e. The summed E-state index contributed by atoms with van der Waals surface area (Å²) in [5, 5.41) is 10.2. The van der Waals surface area contributed by atoms with Crippen molar-refractivity contribution in [2.75, 3.05) is 13.2 Å². The number of ether oxygens (including phenoxy) is 2. The van der Waals surface area contributed by atoms with Gasteiger partial charge in [0.2, 0.25) is 0 Å². The van der Waals surface area contributed by atoms with Gasteiger partial charge < -0.3 is 14.6 Å².